The number of ether oxygens (including phenoxy) is 2. The van der Waals surface area contributed by atoms with Crippen molar-refractivity contribution in [3.8, 4) is 17.3 Å². The maximum atomic E-state index is 13.5. The molecule has 0 saturated carbocycles. The highest BCUT2D eigenvalue weighted by atomic mass is 31.2. The number of pyridine rings is 1. The number of rotatable bonds is 15. The molecule has 0 aliphatic heterocycles. The second-order valence-corrected chi connectivity index (χ2v) is 10.4. The summed E-state index contributed by atoms with van der Waals surface area (Å²) in [5.41, 5.74) is -1.53. The lowest BCUT2D eigenvalue weighted by Crippen LogP contribution is -2.35. The van der Waals surface area contributed by atoms with Gasteiger partial charge in [-0.1, -0.05) is 25.4 Å². The minimum absolute atomic E-state index is 0.0935. The Morgan fingerprint density at radius 2 is 1.85 bits per heavy atom. The number of carbonyl (C=O) groups excluding carboxylic acids is 1. The fourth-order valence-electron chi connectivity index (χ4n) is 2.85. The molecule has 0 N–H and O–H groups in total. The summed E-state index contributed by atoms with van der Waals surface area (Å²) in [4.78, 5) is 21.7. The minimum Gasteiger partial charge on any atom is -0.492 e. The SMILES string of the molecule is CCCCOc1ccc(-c2noc(CC(C(=O)OC(C)(C)CC)P(=O)(OCC)OCC)n2)nc1. The quantitative estimate of drug-likeness (QED) is 0.184. The number of carbonyl (C=O) groups is 1. The van der Waals surface area contributed by atoms with Gasteiger partial charge in [-0.3, -0.25) is 9.36 Å². The molecule has 2 aromatic rings. The van der Waals surface area contributed by atoms with Gasteiger partial charge in [0.15, 0.2) is 5.66 Å². The summed E-state index contributed by atoms with van der Waals surface area (Å²) in [7, 11) is -3.86. The van der Waals surface area contributed by atoms with E-state index in [2.05, 4.69) is 22.0 Å². The number of nitrogens with zero attached hydrogens (tertiary/aromatic N) is 3. The maximum absolute atomic E-state index is 13.5. The van der Waals surface area contributed by atoms with Crippen molar-refractivity contribution in [3.63, 3.8) is 0 Å². The Kier molecular flexibility index (Phi) is 10.7. The number of hydrogen-bond acceptors (Lipinski definition) is 10. The molecular formula is C23H36N3O7P. The maximum Gasteiger partial charge on any atom is 0.345 e. The highest BCUT2D eigenvalue weighted by Crippen LogP contribution is 2.54. The second kappa shape index (κ2) is 13.0. The van der Waals surface area contributed by atoms with Gasteiger partial charge in [0.1, 0.15) is 17.0 Å². The number of hydrogen-bond donors (Lipinski definition) is 0. The zero-order valence-electron chi connectivity index (χ0n) is 20.9. The molecule has 190 valence electrons. The van der Waals surface area contributed by atoms with Gasteiger partial charge in [0, 0.05) is 0 Å². The molecule has 0 saturated heterocycles. The standard InChI is InChI=1S/C23H36N3O7P/c1-7-11-14-29-17-12-13-18(24-16-17)21-25-20(33-26-21)15-19(22(27)32-23(5,6)8-2)34(28,30-9-3)31-10-4/h12-13,16,19H,7-11,14-15H2,1-6H3. The number of esters is 1. The van der Waals surface area contributed by atoms with E-state index in [4.69, 9.17) is 23.0 Å². The summed E-state index contributed by atoms with van der Waals surface area (Å²) in [6.45, 7) is 11.7. The van der Waals surface area contributed by atoms with Crippen LogP contribution < -0.4 is 4.74 Å². The summed E-state index contributed by atoms with van der Waals surface area (Å²) < 4.78 is 40.9. The largest absolute Gasteiger partial charge is 0.492 e. The van der Waals surface area contributed by atoms with Gasteiger partial charge < -0.3 is 23.0 Å². The summed E-state index contributed by atoms with van der Waals surface area (Å²) in [6.07, 6.45) is 4.00. The van der Waals surface area contributed by atoms with Crippen LogP contribution in [0.3, 0.4) is 0 Å². The zero-order valence-corrected chi connectivity index (χ0v) is 21.8. The van der Waals surface area contributed by atoms with E-state index in [0.717, 1.165) is 12.8 Å². The molecule has 0 aliphatic carbocycles. The van der Waals surface area contributed by atoms with Crippen LogP contribution in [0.15, 0.2) is 22.9 Å². The second-order valence-electron chi connectivity index (χ2n) is 8.22. The Balaban J connectivity index is 2.25. The normalized spacial score (nSPS) is 13.0. The molecule has 34 heavy (non-hydrogen) atoms. The molecule has 0 bridgehead atoms. The lowest BCUT2D eigenvalue weighted by atomic mass is 10.1. The zero-order chi connectivity index (χ0) is 25.2. The predicted octanol–water partition coefficient (Wildman–Crippen LogP) is 5.22. The van der Waals surface area contributed by atoms with Crippen LogP contribution in [-0.4, -0.2) is 52.2 Å². The summed E-state index contributed by atoms with van der Waals surface area (Å²) >= 11 is 0. The van der Waals surface area contributed by atoms with E-state index in [1.165, 1.54) is 0 Å². The van der Waals surface area contributed by atoms with Crippen molar-refractivity contribution in [1.29, 1.82) is 0 Å². The molecule has 1 atom stereocenters. The fraction of sp³-hybridized carbons (Fsp3) is 0.652. The van der Waals surface area contributed by atoms with Gasteiger partial charge in [0.25, 0.3) is 0 Å². The molecule has 2 aromatic heterocycles. The van der Waals surface area contributed by atoms with Gasteiger partial charge in [-0.25, -0.2) is 4.98 Å². The highest BCUT2D eigenvalue weighted by Gasteiger charge is 2.45. The van der Waals surface area contributed by atoms with E-state index in [-0.39, 0.29) is 31.3 Å². The van der Waals surface area contributed by atoms with E-state index >= 15 is 0 Å². The molecular weight excluding hydrogens is 461 g/mol. The molecule has 0 spiro atoms. The molecule has 0 aliphatic rings. The van der Waals surface area contributed by atoms with Crippen LogP contribution in [0.2, 0.25) is 0 Å². The van der Waals surface area contributed by atoms with Crippen LogP contribution in [0.4, 0.5) is 0 Å². The first kappa shape index (κ1) is 28.0. The molecule has 10 nitrogen and oxygen atoms in total. The molecule has 11 heteroatoms. The molecule has 0 fully saturated rings. The predicted molar refractivity (Wildman–Crippen MR) is 127 cm³/mol. The van der Waals surface area contributed by atoms with Crippen molar-refractivity contribution in [2.45, 2.75) is 78.5 Å². The molecule has 0 amide bonds. The first-order valence-electron chi connectivity index (χ1n) is 11.7. The Hall–Kier alpha value is -2.29. The summed E-state index contributed by atoms with van der Waals surface area (Å²) in [5, 5.41) is 3.96. The van der Waals surface area contributed by atoms with Gasteiger partial charge in [-0.2, -0.15) is 4.98 Å². The highest BCUT2D eigenvalue weighted by molar-refractivity contribution is 7.55. The van der Waals surface area contributed by atoms with E-state index in [9.17, 15) is 9.36 Å². The van der Waals surface area contributed by atoms with Crippen molar-refractivity contribution >= 4 is 13.6 Å². The fourth-order valence-corrected chi connectivity index (χ4v) is 4.70. The van der Waals surface area contributed by atoms with Crippen LogP contribution in [0, 0.1) is 0 Å². The number of aromatic nitrogens is 3. The Morgan fingerprint density at radius 1 is 1.15 bits per heavy atom. The average molecular weight is 498 g/mol. The molecule has 2 heterocycles. The van der Waals surface area contributed by atoms with Gasteiger partial charge in [0.05, 0.1) is 32.4 Å². The van der Waals surface area contributed by atoms with E-state index < -0.39 is 24.8 Å². The van der Waals surface area contributed by atoms with Crippen molar-refractivity contribution in [2.75, 3.05) is 19.8 Å². The molecule has 1 unspecified atom stereocenters. The van der Waals surface area contributed by atoms with Crippen LogP contribution in [0.25, 0.3) is 11.5 Å². The van der Waals surface area contributed by atoms with Gasteiger partial charge in [0.2, 0.25) is 11.7 Å². The topological polar surface area (TPSA) is 123 Å². The first-order chi connectivity index (χ1) is 16.2. The van der Waals surface area contributed by atoms with Crippen molar-refractivity contribution < 1.29 is 32.4 Å². The molecule has 0 aromatic carbocycles. The monoisotopic (exact) mass is 497 g/mol. The van der Waals surface area contributed by atoms with Crippen LogP contribution in [-0.2, 0) is 29.6 Å². The van der Waals surface area contributed by atoms with Crippen molar-refractivity contribution in [2.24, 2.45) is 0 Å². The van der Waals surface area contributed by atoms with Gasteiger partial charge in [-0.05, 0) is 52.7 Å². The molecule has 2 rings (SSSR count). The van der Waals surface area contributed by atoms with Crippen molar-refractivity contribution in [1.82, 2.24) is 15.1 Å². The van der Waals surface area contributed by atoms with Crippen LogP contribution in [0.5, 0.6) is 5.75 Å². The lowest BCUT2D eigenvalue weighted by Gasteiger charge is -2.29. The van der Waals surface area contributed by atoms with Crippen LogP contribution in [0.1, 0.15) is 66.7 Å². The lowest BCUT2D eigenvalue weighted by molar-refractivity contribution is -0.156. The first-order valence-corrected chi connectivity index (χ1v) is 13.3. The van der Waals surface area contributed by atoms with Crippen LogP contribution >= 0.6 is 7.60 Å². The number of unbranched alkanes of at least 4 members (excludes halogenated alkanes) is 1. The summed E-state index contributed by atoms with van der Waals surface area (Å²) in [6, 6.07) is 3.50. The minimum atomic E-state index is -3.86. The van der Waals surface area contributed by atoms with E-state index in [1.54, 1.807) is 46.0 Å². The Labute approximate surface area is 201 Å². The van der Waals surface area contributed by atoms with Crippen molar-refractivity contribution in [3.05, 3.63) is 24.2 Å². The third-order valence-electron chi connectivity index (χ3n) is 5.07. The average Bonchev–Trinajstić information content (AvgIpc) is 3.27. The Morgan fingerprint density at radius 3 is 2.41 bits per heavy atom. The summed E-state index contributed by atoms with van der Waals surface area (Å²) in [5.74, 6) is 0.273. The Bertz CT molecular complexity index is 936. The van der Waals surface area contributed by atoms with Gasteiger partial charge >= 0.3 is 13.6 Å². The third kappa shape index (κ3) is 7.89. The third-order valence-corrected chi connectivity index (χ3v) is 7.46. The van der Waals surface area contributed by atoms with Gasteiger partial charge in [-0.15, -0.1) is 0 Å². The smallest absolute Gasteiger partial charge is 0.345 e. The van der Waals surface area contributed by atoms with E-state index in [0.29, 0.717) is 24.5 Å². The van der Waals surface area contributed by atoms with E-state index in [1.807, 2.05) is 6.92 Å². The molecule has 0 radical (unpaired) electrons.